The minimum Gasteiger partial charge on any atom is -0.339 e. The number of nitrogens with one attached hydrogen (secondary N) is 2. The summed E-state index contributed by atoms with van der Waals surface area (Å²) in [5.41, 5.74) is 0. The van der Waals surface area contributed by atoms with Crippen LogP contribution in [0.15, 0.2) is 16.3 Å². The maximum absolute atomic E-state index is 11.9. The molecule has 2 rings (SSSR count). The van der Waals surface area contributed by atoms with Gasteiger partial charge in [0.05, 0.1) is 10.9 Å². The van der Waals surface area contributed by atoms with Crippen molar-refractivity contribution < 1.29 is 13.2 Å². The second kappa shape index (κ2) is 7.58. The van der Waals surface area contributed by atoms with E-state index in [4.69, 9.17) is 11.6 Å². The van der Waals surface area contributed by atoms with Crippen LogP contribution in [-0.4, -0.2) is 51.9 Å². The third-order valence-corrected chi connectivity index (χ3v) is 5.82. The summed E-state index contributed by atoms with van der Waals surface area (Å²) in [6, 6.07) is 2.93. The number of rotatable bonds is 4. The average molecular weight is 360 g/mol. The summed E-state index contributed by atoms with van der Waals surface area (Å²) in [6.45, 7) is 2.45. The number of hydrogen-bond acceptors (Lipinski definition) is 5. The molecule has 114 valence electrons. The number of amides is 1. The molecule has 2 heterocycles. The zero-order valence-electron chi connectivity index (χ0n) is 10.5. The lowest BCUT2D eigenvalue weighted by Crippen LogP contribution is -2.49. The number of halogens is 2. The van der Waals surface area contributed by atoms with E-state index in [1.165, 1.54) is 12.1 Å². The largest absolute Gasteiger partial charge is 0.339 e. The van der Waals surface area contributed by atoms with E-state index in [0.29, 0.717) is 17.4 Å². The molecule has 1 aromatic rings. The monoisotopic (exact) mass is 359 g/mol. The van der Waals surface area contributed by atoms with Crippen molar-refractivity contribution in [3.8, 4) is 0 Å². The molecule has 0 aromatic carbocycles. The highest BCUT2D eigenvalue weighted by molar-refractivity contribution is 7.91. The van der Waals surface area contributed by atoms with Gasteiger partial charge in [-0.3, -0.25) is 4.79 Å². The highest BCUT2D eigenvalue weighted by Crippen LogP contribution is 2.25. The van der Waals surface area contributed by atoms with Gasteiger partial charge in [-0.25, -0.2) is 13.1 Å². The van der Waals surface area contributed by atoms with Gasteiger partial charge in [0.2, 0.25) is 5.91 Å². The lowest BCUT2D eigenvalue weighted by molar-refractivity contribution is -0.130. The number of piperazine rings is 1. The van der Waals surface area contributed by atoms with E-state index in [0.717, 1.165) is 24.4 Å². The van der Waals surface area contributed by atoms with Crippen LogP contribution in [0.3, 0.4) is 0 Å². The van der Waals surface area contributed by atoms with E-state index in [9.17, 15) is 13.2 Å². The lowest BCUT2D eigenvalue weighted by atomic mass is 10.3. The first kappa shape index (κ1) is 17.7. The molecule has 6 nitrogen and oxygen atoms in total. The van der Waals surface area contributed by atoms with Crippen molar-refractivity contribution in [2.45, 2.75) is 4.21 Å². The Kier molecular flexibility index (Phi) is 6.70. The van der Waals surface area contributed by atoms with Crippen LogP contribution >= 0.6 is 35.3 Å². The number of carbonyl (C=O) groups is 1. The maximum Gasteiger partial charge on any atom is 0.250 e. The molecule has 1 aliphatic heterocycles. The van der Waals surface area contributed by atoms with Gasteiger partial charge in [-0.1, -0.05) is 11.6 Å². The first-order valence-electron chi connectivity index (χ1n) is 5.72. The second-order valence-electron chi connectivity index (χ2n) is 4.01. The van der Waals surface area contributed by atoms with Gasteiger partial charge in [0.15, 0.2) is 0 Å². The highest BCUT2D eigenvalue weighted by atomic mass is 35.5. The standard InChI is InChI=1S/C10H14ClN3O3S2.ClH/c11-8-1-2-10(18-8)19(16,17)13-7-9(15)14-5-3-12-4-6-14;/h1-2,12-13H,3-7H2;1H. The predicted molar refractivity (Wildman–Crippen MR) is 81.2 cm³/mol. The minimum absolute atomic E-state index is 0. The van der Waals surface area contributed by atoms with Crippen molar-refractivity contribution in [3.05, 3.63) is 16.5 Å². The molecule has 1 saturated heterocycles. The molecule has 1 aromatic heterocycles. The van der Waals surface area contributed by atoms with Crippen molar-refractivity contribution in [3.63, 3.8) is 0 Å². The zero-order valence-corrected chi connectivity index (χ0v) is 13.7. The smallest absolute Gasteiger partial charge is 0.250 e. The van der Waals surface area contributed by atoms with Crippen LogP contribution in [0, 0.1) is 0 Å². The Bertz CT molecular complexity index is 556. The van der Waals surface area contributed by atoms with Crippen molar-refractivity contribution >= 4 is 51.3 Å². The Hall–Kier alpha value is -0.380. The molecule has 0 atom stereocenters. The Balaban J connectivity index is 0.00000200. The van der Waals surface area contributed by atoms with E-state index in [2.05, 4.69) is 10.0 Å². The first-order chi connectivity index (χ1) is 8.99. The molecule has 1 amide bonds. The molecule has 0 saturated carbocycles. The summed E-state index contributed by atoms with van der Waals surface area (Å²) >= 11 is 6.66. The van der Waals surface area contributed by atoms with Crippen LogP contribution < -0.4 is 10.0 Å². The van der Waals surface area contributed by atoms with Gasteiger partial charge < -0.3 is 10.2 Å². The third kappa shape index (κ3) is 4.57. The molecular formula is C10H15Cl2N3O3S2. The van der Waals surface area contributed by atoms with Gasteiger partial charge >= 0.3 is 0 Å². The molecular weight excluding hydrogens is 345 g/mol. The molecule has 20 heavy (non-hydrogen) atoms. The molecule has 2 N–H and O–H groups in total. The molecule has 10 heteroatoms. The van der Waals surface area contributed by atoms with Crippen molar-refractivity contribution in [2.24, 2.45) is 0 Å². The minimum atomic E-state index is -3.65. The first-order valence-corrected chi connectivity index (χ1v) is 8.40. The normalized spacial score (nSPS) is 15.8. The fourth-order valence-electron chi connectivity index (χ4n) is 1.70. The highest BCUT2D eigenvalue weighted by Gasteiger charge is 2.21. The average Bonchev–Trinajstić information content (AvgIpc) is 2.85. The molecule has 0 unspecified atom stereocenters. The fraction of sp³-hybridized carbons (Fsp3) is 0.500. The Morgan fingerprint density at radius 1 is 1.40 bits per heavy atom. The summed E-state index contributed by atoms with van der Waals surface area (Å²) in [5.74, 6) is -0.215. The van der Waals surface area contributed by atoms with Crippen LogP contribution in [0.2, 0.25) is 4.34 Å². The van der Waals surface area contributed by atoms with Gasteiger partial charge in [-0.05, 0) is 12.1 Å². The summed E-state index contributed by atoms with van der Waals surface area (Å²) in [7, 11) is -3.65. The number of nitrogens with zero attached hydrogens (tertiary/aromatic N) is 1. The number of thiophene rings is 1. The van der Waals surface area contributed by atoms with Gasteiger partial charge in [-0.15, -0.1) is 23.7 Å². The fourth-order valence-corrected chi connectivity index (χ4v) is 4.20. The maximum atomic E-state index is 11.9. The Morgan fingerprint density at radius 3 is 2.60 bits per heavy atom. The van der Waals surface area contributed by atoms with Crippen LogP contribution in [0.5, 0.6) is 0 Å². The lowest BCUT2D eigenvalue weighted by Gasteiger charge is -2.27. The molecule has 0 bridgehead atoms. The van der Waals surface area contributed by atoms with Crippen LogP contribution in [0.1, 0.15) is 0 Å². The van der Waals surface area contributed by atoms with Crippen molar-refractivity contribution in [2.75, 3.05) is 32.7 Å². The van der Waals surface area contributed by atoms with Gasteiger partial charge in [-0.2, -0.15) is 0 Å². The van der Waals surface area contributed by atoms with E-state index in [1.807, 2.05) is 0 Å². The molecule has 1 fully saturated rings. The SMILES string of the molecule is Cl.O=C(CNS(=O)(=O)c1ccc(Cl)s1)N1CCNCC1. The Morgan fingerprint density at radius 2 is 2.05 bits per heavy atom. The topological polar surface area (TPSA) is 78.5 Å². The summed E-state index contributed by atoms with van der Waals surface area (Å²) in [6.07, 6.45) is 0. The number of carbonyl (C=O) groups excluding carboxylic acids is 1. The van der Waals surface area contributed by atoms with Gasteiger partial charge in [0.25, 0.3) is 10.0 Å². The summed E-state index contributed by atoms with van der Waals surface area (Å²) in [4.78, 5) is 13.5. The van der Waals surface area contributed by atoms with Crippen molar-refractivity contribution in [1.29, 1.82) is 0 Å². The number of sulfonamides is 1. The molecule has 0 aliphatic carbocycles. The molecule has 0 spiro atoms. The van der Waals surface area contributed by atoms with E-state index >= 15 is 0 Å². The molecule has 0 radical (unpaired) electrons. The quantitative estimate of drug-likeness (QED) is 0.821. The van der Waals surface area contributed by atoms with Crippen molar-refractivity contribution in [1.82, 2.24) is 14.9 Å². The van der Waals surface area contributed by atoms with E-state index in [-0.39, 0.29) is 29.1 Å². The zero-order chi connectivity index (χ0) is 13.9. The number of hydrogen-bond donors (Lipinski definition) is 2. The van der Waals surface area contributed by atoms with Crippen LogP contribution in [-0.2, 0) is 14.8 Å². The second-order valence-corrected chi connectivity index (χ2v) is 7.72. The van der Waals surface area contributed by atoms with Gasteiger partial charge in [0.1, 0.15) is 4.21 Å². The molecule has 1 aliphatic rings. The van der Waals surface area contributed by atoms with Crippen LogP contribution in [0.25, 0.3) is 0 Å². The van der Waals surface area contributed by atoms with E-state index < -0.39 is 10.0 Å². The Labute approximate surface area is 132 Å². The van der Waals surface area contributed by atoms with E-state index in [1.54, 1.807) is 4.90 Å². The van der Waals surface area contributed by atoms with Crippen LogP contribution in [0.4, 0.5) is 0 Å². The van der Waals surface area contributed by atoms with Gasteiger partial charge in [0, 0.05) is 26.2 Å². The third-order valence-electron chi connectivity index (χ3n) is 2.70. The predicted octanol–water partition coefficient (Wildman–Crippen LogP) is 0.533. The summed E-state index contributed by atoms with van der Waals surface area (Å²) in [5, 5.41) is 3.12. The summed E-state index contributed by atoms with van der Waals surface area (Å²) < 4.78 is 26.6.